The fourth-order valence-corrected chi connectivity index (χ4v) is 15.1. The molecule has 0 aliphatic heterocycles. The molecule has 400 valence electrons. The summed E-state index contributed by atoms with van der Waals surface area (Å²) in [6, 6.07) is 92.2. The molecule has 0 spiro atoms. The predicted octanol–water partition coefficient (Wildman–Crippen LogP) is 21.8. The van der Waals surface area contributed by atoms with Crippen molar-refractivity contribution in [2.24, 2.45) is 0 Å². The molecule has 0 unspecified atom stereocenters. The van der Waals surface area contributed by atoms with Crippen LogP contribution in [0.25, 0.3) is 126 Å². The number of nitrogens with zero attached hydrogens (tertiary/aromatic N) is 3. The fraction of sp³-hybridized carbons (Fsp3) is 0.0864. The van der Waals surface area contributed by atoms with Crippen molar-refractivity contribution < 1.29 is 0 Å². The lowest BCUT2D eigenvalue weighted by Gasteiger charge is -2.22. The van der Waals surface area contributed by atoms with Gasteiger partial charge in [-0.15, -0.1) is 0 Å². The number of fused-ring (bicyclic) bond motifs is 24. The first kappa shape index (κ1) is 50.6. The quantitative estimate of drug-likeness (QED) is 0.154. The van der Waals surface area contributed by atoms with Crippen molar-refractivity contribution in [2.75, 3.05) is 0 Å². The van der Waals surface area contributed by atoms with Crippen molar-refractivity contribution in [2.45, 2.75) is 44.9 Å². The van der Waals surface area contributed by atoms with E-state index < -0.39 is 0 Å². The molecular weight excluding hydrogens is 1090 g/mol. The molecule has 0 atom stereocenters. The minimum absolute atomic E-state index is 0.0485. The van der Waals surface area contributed by atoms with E-state index in [1.54, 1.807) is 12.1 Å². The maximum Gasteiger partial charge on any atom is 0.0991 e. The van der Waals surface area contributed by atoms with E-state index in [2.05, 4.69) is 261 Å². The molecule has 0 radical (unpaired) electrons. The third-order valence-corrected chi connectivity index (χ3v) is 19.5. The normalized spacial score (nSPS) is 13.6. The van der Waals surface area contributed by atoms with Gasteiger partial charge >= 0.3 is 0 Å². The number of hydrogen-bond donors (Lipinski definition) is 0. The van der Waals surface area contributed by atoms with E-state index in [-0.39, 0.29) is 10.8 Å². The summed E-state index contributed by atoms with van der Waals surface area (Å²) in [5.74, 6) is 0. The summed E-state index contributed by atoms with van der Waals surface area (Å²) >= 11 is 3.27. The molecule has 3 nitrogen and oxygen atoms in total. The van der Waals surface area contributed by atoms with E-state index >= 15 is 0 Å². The molecule has 0 saturated carbocycles. The van der Waals surface area contributed by atoms with Crippen LogP contribution in [0.15, 0.2) is 247 Å². The number of halogens is 1. The van der Waals surface area contributed by atoms with Crippen LogP contribution in [0.5, 0.6) is 0 Å². The van der Waals surface area contributed by atoms with E-state index in [1.807, 2.05) is 30.3 Å². The van der Waals surface area contributed by atoms with Gasteiger partial charge in [0.2, 0.25) is 0 Å². The van der Waals surface area contributed by atoms with Crippen LogP contribution in [0.1, 0.15) is 72.2 Å². The predicted molar refractivity (Wildman–Crippen MR) is 359 cm³/mol. The Morgan fingerprint density at radius 2 is 0.682 bits per heavy atom. The number of aromatic nitrogens is 1. The Morgan fingerprint density at radius 3 is 1.20 bits per heavy atom. The Bertz CT molecular complexity index is 5470. The van der Waals surface area contributed by atoms with Gasteiger partial charge < -0.3 is 4.57 Å². The Kier molecular flexibility index (Phi) is 11.3. The lowest BCUT2D eigenvalue weighted by molar-refractivity contribution is 0.659. The molecule has 3 aliphatic rings. The van der Waals surface area contributed by atoms with Crippen molar-refractivity contribution in [1.82, 2.24) is 4.57 Å². The molecule has 3 aliphatic carbocycles. The molecule has 1 heterocycles. The number of benzene rings is 14. The molecule has 14 aromatic carbocycles. The molecule has 0 amide bonds. The lowest BCUT2D eigenvalue weighted by atomic mass is 9.81. The Labute approximate surface area is 502 Å². The highest BCUT2D eigenvalue weighted by Crippen LogP contribution is 2.54. The second kappa shape index (κ2) is 19.0. The second-order valence-corrected chi connectivity index (χ2v) is 25.2. The first-order valence-corrected chi connectivity index (χ1v) is 30.0. The summed E-state index contributed by atoms with van der Waals surface area (Å²) in [5.41, 5.74) is 21.6. The van der Waals surface area contributed by atoms with Gasteiger partial charge in [0.1, 0.15) is 0 Å². The van der Waals surface area contributed by atoms with Gasteiger partial charge in [-0.05, 0) is 229 Å². The monoisotopic (exact) mass is 1150 g/mol. The standard InChI is InChI=1S/C40H26N2.C34H24.C7H4BrN/c1-40(2)36-14-8-7-13-30(36)33-20-35-34-19-31-28-11-5-3-9-26(28)27-10-4-6-12-29(27)32(31)21-38(34)42(39(35)22-37(33)40)25-17-15-24(23-41)16-18-25;1-34(2)32-14-8-7-13-26(32)31-19-28-21(17-33(31)34)15-20-16-29-24-11-5-3-9-22(24)23-10-4-6-12-25(23)30(29)18-27(20)28;8-7-3-1-6(5-9)2-4-7/h3-22H,1-2H3;3-14,16-19H,15H2,1-2H3;1-4H. The van der Waals surface area contributed by atoms with Crippen LogP contribution in [-0.4, -0.2) is 4.57 Å². The average Bonchev–Trinajstić information content (AvgIpc) is 1.67. The SMILES string of the molecule is CC1(C)c2ccccc2-c2cc3c(cc21)Cc1cc2c4ccccc4c4ccccc4c2cc1-3.CC1(C)c2ccccc2-c2cc3c4cc5c6ccccc6c6ccccc6c5cc4n(-c4ccc(C#N)cc4)c3cc21.N#Cc1ccc(Br)cc1. The van der Waals surface area contributed by atoms with Gasteiger partial charge in [0.25, 0.3) is 0 Å². The summed E-state index contributed by atoms with van der Waals surface area (Å²) in [7, 11) is 0. The van der Waals surface area contributed by atoms with E-state index in [1.165, 1.54) is 153 Å². The molecule has 4 heteroatoms. The number of nitriles is 2. The number of rotatable bonds is 1. The first-order valence-electron chi connectivity index (χ1n) is 29.2. The molecule has 0 fully saturated rings. The van der Waals surface area contributed by atoms with Crippen LogP contribution in [-0.2, 0) is 17.3 Å². The lowest BCUT2D eigenvalue weighted by Crippen LogP contribution is -2.15. The Hall–Kier alpha value is -10.1. The average molecular weight is 1150 g/mol. The molecule has 85 heavy (non-hydrogen) atoms. The van der Waals surface area contributed by atoms with Crippen molar-refractivity contribution in [3.63, 3.8) is 0 Å². The fourth-order valence-electron chi connectivity index (χ4n) is 14.9. The molecule has 1 aromatic heterocycles. The van der Waals surface area contributed by atoms with Gasteiger partial charge in [0.15, 0.2) is 0 Å². The van der Waals surface area contributed by atoms with Crippen molar-refractivity contribution in [3.8, 4) is 51.2 Å². The summed E-state index contributed by atoms with van der Waals surface area (Å²) in [5, 5.41) is 36.1. The highest BCUT2D eigenvalue weighted by molar-refractivity contribution is 9.10. The zero-order chi connectivity index (χ0) is 57.5. The molecule has 0 bridgehead atoms. The largest absolute Gasteiger partial charge is 0.309 e. The zero-order valence-electron chi connectivity index (χ0n) is 47.5. The van der Waals surface area contributed by atoms with Gasteiger partial charge in [0, 0.05) is 31.8 Å². The number of hydrogen-bond acceptors (Lipinski definition) is 2. The van der Waals surface area contributed by atoms with Gasteiger partial charge in [-0.3, -0.25) is 0 Å². The summed E-state index contributed by atoms with van der Waals surface area (Å²) in [4.78, 5) is 0. The van der Waals surface area contributed by atoms with E-state index in [0.29, 0.717) is 11.1 Å². The van der Waals surface area contributed by atoms with Crippen LogP contribution in [0, 0.1) is 22.7 Å². The maximum absolute atomic E-state index is 9.50. The molecule has 15 aromatic rings. The molecular formula is C81H54BrN3. The summed E-state index contributed by atoms with van der Waals surface area (Å²) in [6.07, 6.45) is 1.02. The van der Waals surface area contributed by atoms with Crippen LogP contribution < -0.4 is 0 Å². The van der Waals surface area contributed by atoms with E-state index in [4.69, 9.17) is 5.26 Å². The van der Waals surface area contributed by atoms with Crippen LogP contribution >= 0.6 is 15.9 Å². The van der Waals surface area contributed by atoms with Gasteiger partial charge in [-0.2, -0.15) is 10.5 Å². The van der Waals surface area contributed by atoms with Crippen LogP contribution in [0.2, 0.25) is 0 Å². The minimum atomic E-state index is -0.0941. The Balaban J connectivity index is 0.000000123. The first-order chi connectivity index (χ1) is 41.5. The van der Waals surface area contributed by atoms with Crippen LogP contribution in [0.3, 0.4) is 0 Å². The highest BCUT2D eigenvalue weighted by Gasteiger charge is 2.38. The third-order valence-electron chi connectivity index (χ3n) is 19.0. The zero-order valence-corrected chi connectivity index (χ0v) is 49.1. The van der Waals surface area contributed by atoms with E-state index in [9.17, 15) is 5.26 Å². The van der Waals surface area contributed by atoms with Gasteiger partial charge in [0.05, 0.1) is 34.3 Å². The summed E-state index contributed by atoms with van der Waals surface area (Å²) in [6.45, 7) is 9.42. The highest BCUT2D eigenvalue weighted by atomic mass is 79.9. The van der Waals surface area contributed by atoms with Crippen LogP contribution in [0.4, 0.5) is 0 Å². The van der Waals surface area contributed by atoms with E-state index in [0.717, 1.165) is 16.6 Å². The molecule has 18 rings (SSSR count). The second-order valence-electron chi connectivity index (χ2n) is 24.3. The maximum atomic E-state index is 9.50. The summed E-state index contributed by atoms with van der Waals surface area (Å²) < 4.78 is 3.40. The smallest absolute Gasteiger partial charge is 0.0991 e. The molecule has 0 N–H and O–H groups in total. The van der Waals surface area contributed by atoms with Crippen molar-refractivity contribution in [1.29, 1.82) is 10.5 Å². The van der Waals surface area contributed by atoms with Gasteiger partial charge in [-0.1, -0.05) is 195 Å². The molecule has 0 saturated heterocycles. The Morgan fingerprint density at radius 1 is 0.318 bits per heavy atom. The topological polar surface area (TPSA) is 52.5 Å². The van der Waals surface area contributed by atoms with Crippen molar-refractivity contribution in [3.05, 3.63) is 292 Å². The van der Waals surface area contributed by atoms with Crippen molar-refractivity contribution >= 4 is 102 Å². The van der Waals surface area contributed by atoms with Gasteiger partial charge in [-0.25, -0.2) is 0 Å². The third kappa shape index (κ3) is 7.62. The minimum Gasteiger partial charge on any atom is -0.309 e.